The van der Waals surface area contributed by atoms with Crippen LogP contribution in [0.5, 0.6) is 0 Å². The predicted molar refractivity (Wildman–Crippen MR) is 92.9 cm³/mol. The highest BCUT2D eigenvalue weighted by molar-refractivity contribution is 5.36. The van der Waals surface area contributed by atoms with Crippen molar-refractivity contribution in [3.8, 4) is 0 Å². The number of aliphatic hydroxyl groups excluding tert-OH is 2. The highest BCUT2D eigenvalue weighted by Crippen LogP contribution is 2.60. The smallest absolute Gasteiger partial charge is 0.0602 e. The predicted octanol–water partition coefficient (Wildman–Crippen LogP) is 4.29. The van der Waals surface area contributed by atoms with Gasteiger partial charge in [-0.1, -0.05) is 41.9 Å². The number of rotatable bonds is 2. The molecular weight excluding hydrogens is 284 g/mol. The largest absolute Gasteiger partial charge is 0.393 e. The highest BCUT2D eigenvalue weighted by atomic mass is 16.3. The van der Waals surface area contributed by atoms with Crippen LogP contribution in [0.15, 0.2) is 34.9 Å². The molecule has 2 nitrogen and oxygen atoms in total. The summed E-state index contributed by atoms with van der Waals surface area (Å²) in [7, 11) is 0. The fourth-order valence-electron chi connectivity index (χ4n) is 5.41. The maximum Gasteiger partial charge on any atom is 0.0602 e. The Morgan fingerprint density at radius 1 is 1.13 bits per heavy atom. The van der Waals surface area contributed by atoms with E-state index < -0.39 is 0 Å². The van der Waals surface area contributed by atoms with Crippen molar-refractivity contribution in [1.29, 1.82) is 0 Å². The van der Waals surface area contributed by atoms with E-state index in [1.54, 1.807) is 11.1 Å². The van der Waals surface area contributed by atoms with Gasteiger partial charge in [-0.15, -0.1) is 0 Å². The third kappa shape index (κ3) is 2.96. The zero-order valence-electron chi connectivity index (χ0n) is 14.3. The van der Waals surface area contributed by atoms with Crippen LogP contribution in [0.3, 0.4) is 0 Å². The van der Waals surface area contributed by atoms with Gasteiger partial charge in [0, 0.05) is 0 Å². The average molecular weight is 314 g/mol. The lowest BCUT2D eigenvalue weighted by Gasteiger charge is -2.41. The topological polar surface area (TPSA) is 40.5 Å². The van der Waals surface area contributed by atoms with Gasteiger partial charge >= 0.3 is 0 Å². The van der Waals surface area contributed by atoms with Gasteiger partial charge in [0.1, 0.15) is 0 Å². The highest BCUT2D eigenvalue weighted by Gasteiger charge is 2.48. The molecule has 0 spiro atoms. The summed E-state index contributed by atoms with van der Waals surface area (Å²) in [6.45, 7) is 2.50. The molecule has 3 saturated carbocycles. The van der Waals surface area contributed by atoms with Gasteiger partial charge in [-0.25, -0.2) is 0 Å². The quantitative estimate of drug-likeness (QED) is 0.746. The van der Waals surface area contributed by atoms with Crippen molar-refractivity contribution in [2.45, 2.75) is 76.9 Å². The molecule has 0 aromatic heterocycles. The van der Waals surface area contributed by atoms with Gasteiger partial charge in [-0.3, -0.25) is 0 Å². The number of aliphatic hydroxyl groups is 2. The normalized spacial score (nSPS) is 44.5. The van der Waals surface area contributed by atoms with Crippen molar-refractivity contribution in [2.24, 2.45) is 17.3 Å². The molecule has 4 rings (SSSR count). The second kappa shape index (κ2) is 5.89. The Hall–Kier alpha value is -0.860. The first-order valence-electron chi connectivity index (χ1n) is 9.51. The van der Waals surface area contributed by atoms with Crippen LogP contribution in [0.4, 0.5) is 0 Å². The molecule has 0 aliphatic heterocycles. The molecule has 0 aromatic rings. The number of allylic oxidation sites excluding steroid dienone is 5. The minimum atomic E-state index is -0.366. The van der Waals surface area contributed by atoms with E-state index in [-0.39, 0.29) is 12.2 Å². The summed E-state index contributed by atoms with van der Waals surface area (Å²) < 4.78 is 0. The minimum absolute atomic E-state index is 0.366. The van der Waals surface area contributed by atoms with Gasteiger partial charge in [-0.05, 0) is 75.0 Å². The molecule has 2 unspecified atom stereocenters. The van der Waals surface area contributed by atoms with Crippen LogP contribution in [0, 0.1) is 17.3 Å². The van der Waals surface area contributed by atoms with Crippen LogP contribution in [0.1, 0.15) is 64.7 Å². The Morgan fingerprint density at radius 3 is 2.57 bits per heavy atom. The molecule has 0 heterocycles. The molecule has 3 fully saturated rings. The van der Waals surface area contributed by atoms with E-state index in [1.165, 1.54) is 44.1 Å². The first kappa shape index (κ1) is 15.7. The average Bonchev–Trinajstić information content (AvgIpc) is 3.26. The molecule has 0 saturated heterocycles. The van der Waals surface area contributed by atoms with E-state index >= 15 is 0 Å². The van der Waals surface area contributed by atoms with Gasteiger partial charge in [0.25, 0.3) is 0 Å². The van der Waals surface area contributed by atoms with E-state index in [4.69, 9.17) is 0 Å². The van der Waals surface area contributed by atoms with Crippen molar-refractivity contribution in [2.75, 3.05) is 0 Å². The molecule has 0 radical (unpaired) electrons. The van der Waals surface area contributed by atoms with Crippen LogP contribution in [-0.2, 0) is 0 Å². The molecule has 4 aliphatic carbocycles. The molecule has 2 N–H and O–H groups in total. The van der Waals surface area contributed by atoms with E-state index in [2.05, 4.69) is 25.2 Å². The lowest BCUT2D eigenvalue weighted by Crippen LogP contribution is -2.31. The van der Waals surface area contributed by atoms with Gasteiger partial charge < -0.3 is 10.2 Å². The fraction of sp³-hybridized carbons (Fsp3) is 0.714. The van der Waals surface area contributed by atoms with E-state index in [0.717, 1.165) is 18.8 Å². The number of hydrogen-bond acceptors (Lipinski definition) is 2. The van der Waals surface area contributed by atoms with Gasteiger partial charge in [0.15, 0.2) is 0 Å². The molecule has 0 amide bonds. The van der Waals surface area contributed by atoms with Crippen molar-refractivity contribution in [3.63, 3.8) is 0 Å². The van der Waals surface area contributed by atoms with Crippen LogP contribution >= 0.6 is 0 Å². The maximum atomic E-state index is 9.85. The van der Waals surface area contributed by atoms with E-state index in [0.29, 0.717) is 17.8 Å². The lowest BCUT2D eigenvalue weighted by atomic mass is 9.63. The molecule has 23 heavy (non-hydrogen) atoms. The van der Waals surface area contributed by atoms with Gasteiger partial charge in [0.05, 0.1) is 12.2 Å². The maximum absolute atomic E-state index is 9.85. The van der Waals surface area contributed by atoms with Crippen LogP contribution < -0.4 is 0 Å². The van der Waals surface area contributed by atoms with Crippen LogP contribution in [0.2, 0.25) is 0 Å². The second-order valence-corrected chi connectivity index (χ2v) is 8.51. The Balaban J connectivity index is 1.53. The van der Waals surface area contributed by atoms with Crippen molar-refractivity contribution in [1.82, 2.24) is 0 Å². The summed E-state index contributed by atoms with van der Waals surface area (Å²) in [5.41, 5.74) is 5.00. The third-order valence-electron chi connectivity index (χ3n) is 6.70. The van der Waals surface area contributed by atoms with E-state index in [9.17, 15) is 10.2 Å². The summed E-state index contributed by atoms with van der Waals surface area (Å²) in [5, 5.41) is 19.7. The van der Waals surface area contributed by atoms with Gasteiger partial charge in [-0.2, -0.15) is 0 Å². The Kier molecular flexibility index (Phi) is 4.01. The second-order valence-electron chi connectivity index (χ2n) is 8.51. The van der Waals surface area contributed by atoms with Gasteiger partial charge in [0.2, 0.25) is 0 Å². The Morgan fingerprint density at radius 2 is 1.87 bits per heavy atom. The number of hydrogen-bond donors (Lipinski definition) is 2. The van der Waals surface area contributed by atoms with E-state index in [1.807, 2.05) is 0 Å². The summed E-state index contributed by atoms with van der Waals surface area (Å²) in [6.07, 6.45) is 16.3. The van der Waals surface area contributed by atoms with Crippen LogP contribution in [-0.4, -0.2) is 22.4 Å². The molecule has 4 aliphatic rings. The van der Waals surface area contributed by atoms with Crippen molar-refractivity contribution < 1.29 is 10.2 Å². The summed E-state index contributed by atoms with van der Waals surface area (Å²) in [6, 6.07) is 0. The standard InChI is InChI=1S/C21H30O2/c1-21-10-2-3-15(19(21)8-9-20(21)16-6-7-16)5-4-14-11-17(22)13-18(23)12-14/h4-5,9,16-19,22-23H,2-3,6-8,10-13H2,1H3/b14-4?,15-5+/t17-,18?,19?,21+/m1/s1. The zero-order valence-corrected chi connectivity index (χ0v) is 14.3. The Bertz CT molecular complexity index is 554. The van der Waals surface area contributed by atoms with Crippen molar-refractivity contribution in [3.05, 3.63) is 34.9 Å². The first-order chi connectivity index (χ1) is 11.1. The van der Waals surface area contributed by atoms with Crippen molar-refractivity contribution >= 4 is 0 Å². The molecule has 0 aromatic carbocycles. The van der Waals surface area contributed by atoms with Crippen LogP contribution in [0.25, 0.3) is 0 Å². The molecule has 126 valence electrons. The zero-order chi connectivity index (χ0) is 16.0. The number of fused-ring (bicyclic) bond motifs is 1. The first-order valence-corrected chi connectivity index (χ1v) is 9.51. The molecule has 2 heteroatoms. The summed E-state index contributed by atoms with van der Waals surface area (Å²) in [5.74, 6) is 1.59. The SMILES string of the molecule is C[C@]12CCC/C(=C\C=C3CC(O)C[C@H](O)C3)C1CC=C2C1CC1. The minimum Gasteiger partial charge on any atom is -0.393 e. The fourth-order valence-corrected chi connectivity index (χ4v) is 5.41. The molecular formula is C21H30O2. The Labute approximate surface area is 140 Å². The third-order valence-corrected chi connectivity index (χ3v) is 6.70. The lowest BCUT2D eigenvalue weighted by molar-refractivity contribution is 0.0609. The molecule has 4 atom stereocenters. The summed E-state index contributed by atoms with van der Waals surface area (Å²) >= 11 is 0. The monoisotopic (exact) mass is 314 g/mol. The summed E-state index contributed by atoms with van der Waals surface area (Å²) in [4.78, 5) is 0. The molecule has 0 bridgehead atoms.